The van der Waals surface area contributed by atoms with Crippen molar-refractivity contribution in [2.75, 3.05) is 6.54 Å². The fraction of sp³-hybridized carbons (Fsp3) is 0.0556. The second-order valence-electron chi connectivity index (χ2n) is 5.27. The maximum absolute atomic E-state index is 12.8. The lowest BCUT2D eigenvalue weighted by Crippen LogP contribution is -2.34. The Bertz CT molecular complexity index is 932. The lowest BCUT2D eigenvalue weighted by atomic mass is 10.2. The first-order chi connectivity index (χ1) is 12.1. The first-order valence-electron chi connectivity index (χ1n) is 7.55. The molecule has 0 spiro atoms. The molecule has 0 saturated heterocycles. The largest absolute Gasteiger partial charge is 0.361 e. The van der Waals surface area contributed by atoms with E-state index in [9.17, 15) is 14.0 Å². The Morgan fingerprint density at radius 1 is 1.12 bits per heavy atom. The lowest BCUT2D eigenvalue weighted by Gasteiger charge is -2.04. The highest BCUT2D eigenvalue weighted by molar-refractivity contribution is 5.99. The van der Waals surface area contributed by atoms with Crippen LogP contribution in [0, 0.1) is 5.82 Å². The van der Waals surface area contributed by atoms with Crippen LogP contribution in [0.2, 0.25) is 0 Å². The quantitative estimate of drug-likeness (QED) is 0.492. The van der Waals surface area contributed by atoms with Gasteiger partial charge in [0.1, 0.15) is 5.82 Å². The number of rotatable bonds is 5. The Morgan fingerprint density at radius 3 is 2.68 bits per heavy atom. The fourth-order valence-corrected chi connectivity index (χ4v) is 2.28. The second-order valence-corrected chi connectivity index (χ2v) is 5.27. The van der Waals surface area contributed by atoms with Crippen LogP contribution >= 0.6 is 0 Å². The summed E-state index contributed by atoms with van der Waals surface area (Å²) < 4.78 is 12.8. The van der Waals surface area contributed by atoms with Crippen LogP contribution in [0.25, 0.3) is 10.9 Å². The number of aromatic amines is 1. The summed E-state index contributed by atoms with van der Waals surface area (Å²) in [6, 6.07) is 12.8. The Balaban J connectivity index is 1.51. The first-order valence-corrected chi connectivity index (χ1v) is 7.55. The number of para-hydroxylation sites is 1. The van der Waals surface area contributed by atoms with Crippen molar-refractivity contribution in [2.45, 2.75) is 0 Å². The van der Waals surface area contributed by atoms with Crippen LogP contribution in [0.15, 0.2) is 59.8 Å². The van der Waals surface area contributed by atoms with Crippen molar-refractivity contribution in [3.05, 3.63) is 71.7 Å². The van der Waals surface area contributed by atoms with Gasteiger partial charge in [-0.25, -0.2) is 9.82 Å². The molecule has 0 aliphatic rings. The molecule has 0 unspecified atom stereocenters. The fourth-order valence-electron chi connectivity index (χ4n) is 2.28. The number of nitrogens with zero attached hydrogens (tertiary/aromatic N) is 1. The predicted octanol–water partition coefficient (Wildman–Crippen LogP) is 2.19. The number of hydrogen-bond donors (Lipinski definition) is 3. The number of fused-ring (bicyclic) bond motifs is 1. The third-order valence-electron chi connectivity index (χ3n) is 3.53. The van der Waals surface area contributed by atoms with Crippen molar-refractivity contribution in [1.29, 1.82) is 0 Å². The molecule has 6 nitrogen and oxygen atoms in total. The summed E-state index contributed by atoms with van der Waals surface area (Å²) in [7, 11) is 0. The number of aromatic nitrogens is 1. The molecular weight excluding hydrogens is 323 g/mol. The molecule has 0 bridgehead atoms. The SMILES string of the molecule is O=C(CNC(=O)c1ccc(F)cc1)N/N=C\c1c[nH]c2ccccc12. The van der Waals surface area contributed by atoms with Gasteiger partial charge in [-0.1, -0.05) is 18.2 Å². The van der Waals surface area contributed by atoms with Crippen LogP contribution in [0.4, 0.5) is 4.39 Å². The summed E-state index contributed by atoms with van der Waals surface area (Å²) in [6.07, 6.45) is 3.31. The van der Waals surface area contributed by atoms with Gasteiger partial charge >= 0.3 is 0 Å². The molecule has 7 heteroatoms. The minimum absolute atomic E-state index is 0.235. The van der Waals surface area contributed by atoms with Crippen LogP contribution in [-0.2, 0) is 4.79 Å². The molecule has 3 rings (SSSR count). The third kappa shape index (κ3) is 4.08. The predicted molar refractivity (Wildman–Crippen MR) is 92.8 cm³/mol. The van der Waals surface area contributed by atoms with E-state index >= 15 is 0 Å². The van der Waals surface area contributed by atoms with Gasteiger partial charge in [0.25, 0.3) is 11.8 Å². The van der Waals surface area contributed by atoms with Crippen molar-refractivity contribution in [3.8, 4) is 0 Å². The number of benzene rings is 2. The molecule has 0 atom stereocenters. The molecular formula is C18H15FN4O2. The average molecular weight is 338 g/mol. The molecule has 2 aromatic carbocycles. The number of carbonyl (C=O) groups is 2. The Kier molecular flexibility index (Phi) is 4.84. The van der Waals surface area contributed by atoms with Gasteiger partial charge in [-0.3, -0.25) is 9.59 Å². The number of hydrogen-bond acceptors (Lipinski definition) is 3. The first kappa shape index (κ1) is 16.4. The normalized spacial score (nSPS) is 10.9. The zero-order chi connectivity index (χ0) is 17.6. The van der Waals surface area contributed by atoms with E-state index in [1.165, 1.54) is 30.5 Å². The molecule has 0 aliphatic carbocycles. The minimum Gasteiger partial charge on any atom is -0.361 e. The van der Waals surface area contributed by atoms with Gasteiger partial charge in [-0.2, -0.15) is 5.10 Å². The van der Waals surface area contributed by atoms with Crippen LogP contribution in [0.3, 0.4) is 0 Å². The zero-order valence-corrected chi connectivity index (χ0v) is 13.1. The summed E-state index contributed by atoms with van der Waals surface area (Å²) in [5, 5.41) is 7.31. The van der Waals surface area contributed by atoms with Gasteiger partial charge in [-0.15, -0.1) is 0 Å². The van der Waals surface area contributed by atoms with Gasteiger partial charge in [0, 0.05) is 28.2 Å². The maximum Gasteiger partial charge on any atom is 0.259 e. The third-order valence-corrected chi connectivity index (χ3v) is 3.53. The highest BCUT2D eigenvalue weighted by Crippen LogP contribution is 2.15. The topological polar surface area (TPSA) is 86.3 Å². The number of carbonyl (C=O) groups excluding carboxylic acids is 2. The lowest BCUT2D eigenvalue weighted by molar-refractivity contribution is -0.120. The molecule has 126 valence electrons. The highest BCUT2D eigenvalue weighted by atomic mass is 19.1. The molecule has 0 fully saturated rings. The number of halogens is 1. The molecule has 2 amide bonds. The summed E-state index contributed by atoms with van der Waals surface area (Å²) in [6.45, 7) is -0.235. The average Bonchev–Trinajstić information content (AvgIpc) is 3.04. The zero-order valence-electron chi connectivity index (χ0n) is 13.1. The second kappa shape index (κ2) is 7.39. The van der Waals surface area contributed by atoms with Crippen LogP contribution in [0.1, 0.15) is 15.9 Å². The maximum atomic E-state index is 12.8. The van der Waals surface area contributed by atoms with Gasteiger partial charge in [0.2, 0.25) is 0 Å². The smallest absolute Gasteiger partial charge is 0.259 e. The van der Waals surface area contributed by atoms with Crippen LogP contribution in [0.5, 0.6) is 0 Å². The minimum atomic E-state index is -0.466. The summed E-state index contributed by atoms with van der Waals surface area (Å²) >= 11 is 0. The van der Waals surface area contributed by atoms with Crippen LogP contribution in [-0.4, -0.2) is 29.6 Å². The van der Waals surface area contributed by atoms with Crippen LogP contribution < -0.4 is 10.7 Å². The number of hydrazone groups is 1. The van der Waals surface area contributed by atoms with Gasteiger partial charge in [-0.05, 0) is 30.3 Å². The monoisotopic (exact) mass is 338 g/mol. The summed E-state index contributed by atoms with van der Waals surface area (Å²) in [5.74, 6) is -1.36. The Hall–Kier alpha value is -3.48. The molecule has 25 heavy (non-hydrogen) atoms. The van der Waals surface area contributed by atoms with E-state index in [1.54, 1.807) is 6.20 Å². The number of nitrogens with one attached hydrogen (secondary N) is 3. The van der Waals surface area contributed by atoms with E-state index in [0.717, 1.165) is 16.5 Å². The summed E-state index contributed by atoms with van der Waals surface area (Å²) in [5.41, 5.74) is 4.43. The van der Waals surface area contributed by atoms with E-state index in [4.69, 9.17) is 0 Å². The van der Waals surface area contributed by atoms with E-state index in [-0.39, 0.29) is 12.1 Å². The van der Waals surface area contributed by atoms with Gasteiger partial charge < -0.3 is 10.3 Å². The number of amides is 2. The van der Waals surface area contributed by atoms with Crippen molar-refractivity contribution in [2.24, 2.45) is 5.10 Å². The number of H-pyrrole nitrogens is 1. The Morgan fingerprint density at radius 2 is 1.88 bits per heavy atom. The molecule has 0 saturated carbocycles. The van der Waals surface area contributed by atoms with Gasteiger partial charge in [0.05, 0.1) is 12.8 Å². The summed E-state index contributed by atoms with van der Waals surface area (Å²) in [4.78, 5) is 26.6. The van der Waals surface area contributed by atoms with Crippen molar-refractivity contribution in [1.82, 2.24) is 15.7 Å². The van der Waals surface area contributed by atoms with E-state index < -0.39 is 17.6 Å². The molecule has 0 aliphatic heterocycles. The molecule has 1 heterocycles. The Labute approximate surface area is 142 Å². The molecule has 3 aromatic rings. The molecule has 0 radical (unpaired) electrons. The van der Waals surface area contributed by atoms with E-state index in [0.29, 0.717) is 0 Å². The van der Waals surface area contributed by atoms with E-state index in [1.807, 2.05) is 24.3 Å². The van der Waals surface area contributed by atoms with Crippen molar-refractivity contribution >= 4 is 28.9 Å². The van der Waals surface area contributed by atoms with Gasteiger partial charge in [0.15, 0.2) is 0 Å². The molecule has 3 N–H and O–H groups in total. The highest BCUT2D eigenvalue weighted by Gasteiger charge is 2.07. The van der Waals surface area contributed by atoms with Crippen molar-refractivity contribution in [3.63, 3.8) is 0 Å². The molecule has 1 aromatic heterocycles. The standard InChI is InChI=1S/C18H15FN4O2/c19-14-7-5-12(6-8-14)18(25)21-11-17(24)23-22-10-13-9-20-16-4-2-1-3-15(13)16/h1-10,20H,11H2,(H,21,25)(H,23,24)/b22-10-. The van der Waals surface area contributed by atoms with Crippen molar-refractivity contribution < 1.29 is 14.0 Å². The van der Waals surface area contributed by atoms with E-state index in [2.05, 4.69) is 20.8 Å².